The summed E-state index contributed by atoms with van der Waals surface area (Å²) in [7, 11) is 0. The van der Waals surface area contributed by atoms with Gasteiger partial charge in [0.2, 0.25) is 5.95 Å². The Morgan fingerprint density at radius 2 is 1.91 bits per heavy atom. The molecule has 2 aromatic carbocycles. The van der Waals surface area contributed by atoms with Gasteiger partial charge in [-0.25, -0.2) is 4.98 Å². The quantitative estimate of drug-likeness (QED) is 0.448. The fraction of sp³-hybridized carbons (Fsp3) is 0.261. The molecule has 32 heavy (non-hydrogen) atoms. The van der Waals surface area contributed by atoms with Crippen LogP contribution in [0.25, 0.3) is 0 Å². The van der Waals surface area contributed by atoms with Crippen LogP contribution in [0, 0.1) is 0 Å². The average molecular weight is 451 g/mol. The molecule has 1 amide bonds. The lowest BCUT2D eigenvalue weighted by molar-refractivity contribution is 0.100. The van der Waals surface area contributed by atoms with Gasteiger partial charge < -0.3 is 26.0 Å². The van der Waals surface area contributed by atoms with Gasteiger partial charge in [0.1, 0.15) is 5.82 Å². The van der Waals surface area contributed by atoms with Crippen LogP contribution in [0.3, 0.4) is 0 Å². The smallest absolute Gasteiger partial charge is 0.254 e. The fourth-order valence-electron chi connectivity index (χ4n) is 3.49. The second kappa shape index (κ2) is 10.3. The van der Waals surface area contributed by atoms with Gasteiger partial charge in [-0.3, -0.25) is 4.79 Å². The lowest BCUT2D eigenvalue weighted by Crippen LogP contribution is -2.36. The first-order valence-corrected chi connectivity index (χ1v) is 11.6. The van der Waals surface area contributed by atoms with Crippen LogP contribution in [-0.4, -0.2) is 48.4 Å². The van der Waals surface area contributed by atoms with E-state index >= 15 is 0 Å². The highest BCUT2D eigenvalue weighted by molar-refractivity contribution is 7.98. The summed E-state index contributed by atoms with van der Waals surface area (Å²) in [6.07, 6.45) is 3.48. The Balaban J connectivity index is 1.49. The van der Waals surface area contributed by atoms with E-state index in [-0.39, 0.29) is 5.56 Å². The van der Waals surface area contributed by atoms with Crippen LogP contribution in [0.15, 0.2) is 59.6 Å². The SMILES string of the molecule is CSc1ccccc1CNc1nc(Nc2ccc(N3CCOCC3)cc2)ncc1C(N)=O. The molecule has 1 aromatic heterocycles. The summed E-state index contributed by atoms with van der Waals surface area (Å²) >= 11 is 1.67. The molecule has 0 bridgehead atoms. The van der Waals surface area contributed by atoms with Gasteiger partial charge in [-0.15, -0.1) is 11.8 Å². The first-order chi connectivity index (χ1) is 15.6. The van der Waals surface area contributed by atoms with Gasteiger partial charge in [-0.2, -0.15) is 4.98 Å². The molecule has 9 heteroatoms. The van der Waals surface area contributed by atoms with Gasteiger partial charge in [0.15, 0.2) is 0 Å². The summed E-state index contributed by atoms with van der Waals surface area (Å²) < 4.78 is 5.41. The van der Waals surface area contributed by atoms with Crippen molar-refractivity contribution in [3.63, 3.8) is 0 Å². The van der Waals surface area contributed by atoms with E-state index in [0.717, 1.165) is 48.1 Å². The third-order valence-electron chi connectivity index (χ3n) is 5.19. The fourth-order valence-corrected chi connectivity index (χ4v) is 4.11. The number of amides is 1. The van der Waals surface area contributed by atoms with E-state index in [1.807, 2.05) is 36.6 Å². The molecule has 8 nitrogen and oxygen atoms in total. The summed E-state index contributed by atoms with van der Waals surface area (Å²) in [5.74, 6) is 0.206. The zero-order chi connectivity index (χ0) is 22.3. The Morgan fingerprint density at radius 1 is 1.16 bits per heavy atom. The molecule has 166 valence electrons. The molecule has 0 aliphatic carbocycles. The molecule has 2 heterocycles. The second-order valence-electron chi connectivity index (χ2n) is 7.26. The van der Waals surface area contributed by atoms with Crippen molar-refractivity contribution >= 4 is 40.8 Å². The molecule has 4 rings (SSSR count). The molecule has 1 aliphatic rings. The maximum atomic E-state index is 11.9. The minimum atomic E-state index is -0.577. The number of nitrogens with one attached hydrogen (secondary N) is 2. The van der Waals surface area contributed by atoms with Crippen molar-refractivity contribution in [3.8, 4) is 0 Å². The van der Waals surface area contributed by atoms with Gasteiger partial charge in [0.05, 0.1) is 18.8 Å². The number of carbonyl (C=O) groups is 1. The maximum absolute atomic E-state index is 11.9. The van der Waals surface area contributed by atoms with E-state index in [1.165, 1.54) is 6.20 Å². The highest BCUT2D eigenvalue weighted by Gasteiger charge is 2.14. The van der Waals surface area contributed by atoms with Crippen molar-refractivity contribution in [1.29, 1.82) is 0 Å². The number of morpholine rings is 1. The monoisotopic (exact) mass is 450 g/mol. The molecule has 1 fully saturated rings. The Morgan fingerprint density at radius 3 is 2.62 bits per heavy atom. The zero-order valence-corrected chi connectivity index (χ0v) is 18.7. The number of nitrogens with zero attached hydrogens (tertiary/aromatic N) is 3. The number of rotatable bonds is 8. The molecule has 4 N–H and O–H groups in total. The van der Waals surface area contributed by atoms with Gasteiger partial charge >= 0.3 is 0 Å². The molecule has 0 radical (unpaired) electrons. The van der Waals surface area contributed by atoms with Gasteiger partial charge in [-0.1, -0.05) is 18.2 Å². The molecule has 0 unspecified atom stereocenters. The van der Waals surface area contributed by atoms with E-state index in [2.05, 4.69) is 43.7 Å². The van der Waals surface area contributed by atoms with Crippen molar-refractivity contribution < 1.29 is 9.53 Å². The number of carbonyl (C=O) groups excluding carboxylic acids is 1. The topological polar surface area (TPSA) is 105 Å². The van der Waals surface area contributed by atoms with Gasteiger partial charge in [0.25, 0.3) is 5.91 Å². The standard InChI is InChI=1S/C23H26N6O2S/c1-32-20-5-3-2-4-16(20)14-25-22-19(21(24)30)15-26-23(28-22)27-17-6-8-18(9-7-17)29-10-12-31-13-11-29/h2-9,15H,10-14H2,1H3,(H2,24,30)(H2,25,26,27,28). The number of hydrogen-bond donors (Lipinski definition) is 3. The van der Waals surface area contributed by atoms with Crippen LogP contribution in [0.1, 0.15) is 15.9 Å². The molecule has 1 saturated heterocycles. The average Bonchev–Trinajstić information content (AvgIpc) is 2.84. The highest BCUT2D eigenvalue weighted by atomic mass is 32.2. The molecule has 0 atom stereocenters. The molecular weight excluding hydrogens is 424 g/mol. The van der Waals surface area contributed by atoms with Crippen molar-refractivity contribution in [3.05, 3.63) is 65.9 Å². The number of benzene rings is 2. The van der Waals surface area contributed by atoms with Crippen LogP contribution in [0.2, 0.25) is 0 Å². The number of aromatic nitrogens is 2. The Hall–Kier alpha value is -3.30. The summed E-state index contributed by atoms with van der Waals surface area (Å²) in [5.41, 5.74) is 8.90. The van der Waals surface area contributed by atoms with E-state index in [1.54, 1.807) is 11.8 Å². The van der Waals surface area contributed by atoms with Crippen molar-refractivity contribution in [1.82, 2.24) is 9.97 Å². The van der Waals surface area contributed by atoms with E-state index in [0.29, 0.717) is 18.3 Å². The molecular formula is C23H26N6O2S. The number of primary amides is 1. The summed E-state index contributed by atoms with van der Waals surface area (Å²) in [6, 6.07) is 16.2. The van der Waals surface area contributed by atoms with Gasteiger partial charge in [-0.05, 0) is 42.2 Å². The minimum Gasteiger partial charge on any atom is -0.378 e. The van der Waals surface area contributed by atoms with E-state index < -0.39 is 5.91 Å². The van der Waals surface area contributed by atoms with Crippen molar-refractivity contribution in [2.45, 2.75) is 11.4 Å². The predicted octanol–water partition coefficient (Wildman–Crippen LogP) is 3.49. The number of thioether (sulfide) groups is 1. The summed E-state index contributed by atoms with van der Waals surface area (Å²) in [5, 5.41) is 6.44. The Labute approximate surface area is 191 Å². The molecule has 0 spiro atoms. The third-order valence-corrected chi connectivity index (χ3v) is 6.03. The second-order valence-corrected chi connectivity index (χ2v) is 8.10. The zero-order valence-electron chi connectivity index (χ0n) is 17.9. The predicted molar refractivity (Wildman–Crippen MR) is 129 cm³/mol. The Bertz CT molecular complexity index is 1070. The minimum absolute atomic E-state index is 0.250. The van der Waals surface area contributed by atoms with Crippen LogP contribution >= 0.6 is 11.8 Å². The Kier molecular flexibility index (Phi) is 7.08. The van der Waals surface area contributed by atoms with E-state index in [9.17, 15) is 4.79 Å². The number of anilines is 4. The first-order valence-electron chi connectivity index (χ1n) is 10.4. The lowest BCUT2D eigenvalue weighted by atomic mass is 10.2. The van der Waals surface area contributed by atoms with Crippen LogP contribution in [0.5, 0.6) is 0 Å². The van der Waals surface area contributed by atoms with Gasteiger partial charge in [0, 0.05) is 42.1 Å². The number of ether oxygens (including phenoxy) is 1. The highest BCUT2D eigenvalue weighted by Crippen LogP contribution is 2.24. The largest absolute Gasteiger partial charge is 0.378 e. The number of nitrogens with two attached hydrogens (primary N) is 1. The lowest BCUT2D eigenvalue weighted by Gasteiger charge is -2.28. The van der Waals surface area contributed by atoms with Crippen LogP contribution in [-0.2, 0) is 11.3 Å². The van der Waals surface area contributed by atoms with Crippen molar-refractivity contribution in [2.75, 3.05) is 48.1 Å². The molecule has 3 aromatic rings. The first kappa shape index (κ1) is 21.9. The normalized spacial score (nSPS) is 13.6. The van der Waals surface area contributed by atoms with E-state index in [4.69, 9.17) is 10.5 Å². The maximum Gasteiger partial charge on any atom is 0.254 e. The number of hydrogen-bond acceptors (Lipinski definition) is 8. The summed E-state index contributed by atoms with van der Waals surface area (Å²) in [4.78, 5) is 24.1. The molecule has 1 aliphatic heterocycles. The van der Waals surface area contributed by atoms with Crippen molar-refractivity contribution in [2.24, 2.45) is 5.73 Å². The van der Waals surface area contributed by atoms with Crippen LogP contribution < -0.4 is 21.3 Å². The third kappa shape index (κ3) is 5.30. The summed E-state index contributed by atoms with van der Waals surface area (Å²) in [6.45, 7) is 3.79. The molecule has 0 saturated carbocycles. The van der Waals surface area contributed by atoms with Crippen LogP contribution in [0.4, 0.5) is 23.1 Å².